The maximum atomic E-state index is 12.2. The van der Waals surface area contributed by atoms with Gasteiger partial charge >= 0.3 is 5.97 Å². The first-order valence-electron chi connectivity index (χ1n) is 9.92. The van der Waals surface area contributed by atoms with Crippen molar-refractivity contribution >= 4 is 29.8 Å². The lowest BCUT2D eigenvalue weighted by Crippen LogP contribution is -2.43. The Morgan fingerprint density at radius 3 is 2.48 bits per heavy atom. The summed E-state index contributed by atoms with van der Waals surface area (Å²) in [6.45, 7) is 5.31. The van der Waals surface area contributed by atoms with Gasteiger partial charge in [-0.15, -0.1) is 0 Å². The molecule has 11 heteroatoms. The van der Waals surface area contributed by atoms with E-state index in [9.17, 15) is 14.7 Å². The average molecular weight is 451 g/mol. The third kappa shape index (κ3) is 10.6. The number of carbonyl (C=O) groups excluding carboxylic acids is 1. The molecule has 0 bridgehead atoms. The summed E-state index contributed by atoms with van der Waals surface area (Å²) in [5, 5.41) is 14.8. The summed E-state index contributed by atoms with van der Waals surface area (Å²) < 4.78 is 8.36. The van der Waals surface area contributed by atoms with Crippen LogP contribution in [0.3, 0.4) is 0 Å². The van der Waals surface area contributed by atoms with Crippen LogP contribution in [0, 0.1) is 0 Å². The fraction of sp³-hybridized carbons (Fsp3) is 0.400. The molecule has 0 aliphatic carbocycles. The van der Waals surface area contributed by atoms with Gasteiger partial charge in [0.05, 0.1) is 6.54 Å². The number of aromatic nitrogens is 2. The predicted molar refractivity (Wildman–Crippen MR) is 122 cm³/mol. The summed E-state index contributed by atoms with van der Waals surface area (Å²) in [6.07, 6.45) is 3.29. The zero-order chi connectivity index (χ0) is 22.9. The molecule has 0 aliphatic heterocycles. The fourth-order valence-corrected chi connectivity index (χ4v) is 2.74. The molecule has 31 heavy (non-hydrogen) atoms. The van der Waals surface area contributed by atoms with Crippen LogP contribution < -0.4 is 25.8 Å². The standard InChI is InChI=1S/C18H24N6O4S.C2H6/c19-6-11-29-24-15(17(26)27)12-23-16(25)13-2-4-14(5-3-13)28-10-9-22-18-20-7-1-8-21-18;1-2/h1-5,7-8,15,24H,6,9-12,19H2,(H,23,25)(H,26,27)(H,20,21,22);1-2H3. The highest BCUT2D eigenvalue weighted by molar-refractivity contribution is 7.97. The van der Waals surface area contributed by atoms with Gasteiger partial charge < -0.3 is 26.2 Å². The number of amides is 1. The number of carbonyl (C=O) groups is 2. The summed E-state index contributed by atoms with van der Waals surface area (Å²) in [5.41, 5.74) is 5.78. The van der Waals surface area contributed by atoms with Gasteiger partial charge in [0, 0.05) is 36.8 Å². The lowest BCUT2D eigenvalue weighted by Gasteiger charge is -2.14. The molecule has 1 unspecified atom stereocenters. The molecule has 6 N–H and O–H groups in total. The minimum absolute atomic E-state index is 0.0444. The smallest absolute Gasteiger partial charge is 0.323 e. The van der Waals surface area contributed by atoms with E-state index in [1.165, 1.54) is 11.9 Å². The van der Waals surface area contributed by atoms with E-state index in [1.807, 2.05) is 13.8 Å². The highest BCUT2D eigenvalue weighted by Crippen LogP contribution is 2.12. The second-order valence-electron chi connectivity index (χ2n) is 5.73. The van der Waals surface area contributed by atoms with Crippen LogP contribution >= 0.6 is 11.9 Å². The second kappa shape index (κ2) is 15.9. The number of ether oxygens (including phenoxy) is 1. The predicted octanol–water partition coefficient (Wildman–Crippen LogP) is 1.37. The maximum Gasteiger partial charge on any atom is 0.323 e. The van der Waals surface area contributed by atoms with Crippen LogP contribution in [0.25, 0.3) is 0 Å². The number of hydrogen-bond acceptors (Lipinski definition) is 9. The van der Waals surface area contributed by atoms with Crippen molar-refractivity contribution in [1.29, 1.82) is 0 Å². The third-order valence-corrected chi connectivity index (χ3v) is 4.44. The Morgan fingerprint density at radius 1 is 1.19 bits per heavy atom. The molecular formula is C20H30N6O4S. The Balaban J connectivity index is 0.00000233. The molecule has 2 rings (SSSR count). The van der Waals surface area contributed by atoms with Crippen LogP contribution in [0.2, 0.25) is 0 Å². The van der Waals surface area contributed by atoms with Crippen molar-refractivity contribution in [2.24, 2.45) is 5.73 Å². The molecule has 0 spiro atoms. The fourth-order valence-electron chi connectivity index (χ4n) is 2.12. The molecular weight excluding hydrogens is 420 g/mol. The minimum atomic E-state index is -1.05. The monoisotopic (exact) mass is 450 g/mol. The van der Waals surface area contributed by atoms with E-state index in [-0.39, 0.29) is 12.5 Å². The quantitative estimate of drug-likeness (QED) is 0.223. The molecule has 0 fully saturated rings. The van der Waals surface area contributed by atoms with E-state index in [0.29, 0.717) is 42.7 Å². The first-order chi connectivity index (χ1) is 15.1. The highest BCUT2D eigenvalue weighted by Gasteiger charge is 2.18. The van der Waals surface area contributed by atoms with Crippen molar-refractivity contribution in [3.8, 4) is 5.75 Å². The number of carboxylic acid groups (broad SMARTS) is 1. The molecule has 1 heterocycles. The molecule has 1 atom stereocenters. The molecule has 2 aromatic rings. The number of nitrogens with one attached hydrogen (secondary N) is 3. The number of anilines is 1. The van der Waals surface area contributed by atoms with Crippen LogP contribution in [0.5, 0.6) is 5.75 Å². The van der Waals surface area contributed by atoms with Gasteiger partial charge in [0.2, 0.25) is 5.95 Å². The highest BCUT2D eigenvalue weighted by atomic mass is 32.2. The topological polar surface area (TPSA) is 151 Å². The lowest BCUT2D eigenvalue weighted by molar-refractivity contribution is -0.138. The van der Waals surface area contributed by atoms with E-state index in [4.69, 9.17) is 10.5 Å². The van der Waals surface area contributed by atoms with Gasteiger partial charge in [0.15, 0.2) is 0 Å². The van der Waals surface area contributed by atoms with Crippen LogP contribution in [0.1, 0.15) is 24.2 Å². The van der Waals surface area contributed by atoms with Crippen molar-refractivity contribution in [3.63, 3.8) is 0 Å². The van der Waals surface area contributed by atoms with Gasteiger partial charge in [0.25, 0.3) is 5.91 Å². The normalized spacial score (nSPS) is 10.9. The molecule has 1 amide bonds. The van der Waals surface area contributed by atoms with Crippen molar-refractivity contribution in [2.75, 3.05) is 37.3 Å². The number of hydrogen-bond donors (Lipinski definition) is 5. The van der Waals surface area contributed by atoms with Gasteiger partial charge in [-0.1, -0.05) is 25.8 Å². The summed E-state index contributed by atoms with van der Waals surface area (Å²) in [4.78, 5) is 31.5. The Kier molecular flexibility index (Phi) is 13.4. The maximum absolute atomic E-state index is 12.2. The van der Waals surface area contributed by atoms with Gasteiger partial charge in [0.1, 0.15) is 18.4 Å². The molecule has 1 aromatic heterocycles. The van der Waals surface area contributed by atoms with Crippen molar-refractivity contribution < 1.29 is 19.4 Å². The first kappa shape index (κ1) is 26.1. The number of benzene rings is 1. The minimum Gasteiger partial charge on any atom is -0.492 e. The summed E-state index contributed by atoms with van der Waals surface area (Å²) in [6, 6.07) is 7.42. The molecule has 1 aromatic carbocycles. The first-order valence-corrected chi connectivity index (χ1v) is 10.9. The zero-order valence-corrected chi connectivity index (χ0v) is 18.5. The Hall–Kier alpha value is -2.89. The van der Waals surface area contributed by atoms with Crippen molar-refractivity contribution in [1.82, 2.24) is 20.0 Å². The molecule has 0 saturated heterocycles. The molecule has 170 valence electrons. The number of nitrogens with two attached hydrogens (primary N) is 1. The van der Waals surface area contributed by atoms with Gasteiger partial charge in [-0.3, -0.25) is 9.59 Å². The van der Waals surface area contributed by atoms with E-state index < -0.39 is 12.0 Å². The molecule has 0 aliphatic rings. The zero-order valence-electron chi connectivity index (χ0n) is 17.7. The molecule has 10 nitrogen and oxygen atoms in total. The van der Waals surface area contributed by atoms with E-state index >= 15 is 0 Å². The third-order valence-electron chi connectivity index (χ3n) is 3.55. The van der Waals surface area contributed by atoms with E-state index in [0.717, 1.165) is 0 Å². The van der Waals surface area contributed by atoms with Crippen molar-refractivity contribution in [2.45, 2.75) is 19.9 Å². The van der Waals surface area contributed by atoms with Crippen molar-refractivity contribution in [3.05, 3.63) is 48.3 Å². The SMILES string of the molecule is CC.NCCSNC(CNC(=O)c1ccc(OCCNc2ncccn2)cc1)C(=O)O. The van der Waals surface area contributed by atoms with Crippen LogP contribution in [0.4, 0.5) is 5.95 Å². The number of carboxylic acids is 1. The van der Waals surface area contributed by atoms with Gasteiger partial charge in [-0.05, 0) is 30.3 Å². The Labute approximate surface area is 186 Å². The second-order valence-corrected chi connectivity index (χ2v) is 6.66. The largest absolute Gasteiger partial charge is 0.492 e. The van der Waals surface area contributed by atoms with Gasteiger partial charge in [-0.2, -0.15) is 0 Å². The molecule has 0 radical (unpaired) electrons. The van der Waals surface area contributed by atoms with Crippen LogP contribution in [-0.4, -0.2) is 65.0 Å². The Bertz CT molecular complexity index is 764. The van der Waals surface area contributed by atoms with Crippen LogP contribution in [0.15, 0.2) is 42.7 Å². The number of aliphatic carboxylic acids is 1. The Morgan fingerprint density at radius 2 is 1.87 bits per heavy atom. The lowest BCUT2D eigenvalue weighted by atomic mass is 10.2. The van der Waals surface area contributed by atoms with E-state index in [2.05, 4.69) is 25.3 Å². The molecule has 0 saturated carbocycles. The van der Waals surface area contributed by atoms with Crippen LogP contribution in [-0.2, 0) is 4.79 Å². The summed E-state index contributed by atoms with van der Waals surface area (Å²) in [7, 11) is 0. The summed E-state index contributed by atoms with van der Waals surface area (Å²) in [5.74, 6) is 0.302. The average Bonchev–Trinajstić information content (AvgIpc) is 2.81. The number of rotatable bonds is 13. The summed E-state index contributed by atoms with van der Waals surface area (Å²) >= 11 is 1.21. The van der Waals surface area contributed by atoms with E-state index in [1.54, 1.807) is 42.7 Å². The number of nitrogens with zero attached hydrogens (tertiary/aromatic N) is 2. The van der Waals surface area contributed by atoms with Gasteiger partial charge in [-0.25, -0.2) is 14.7 Å².